The molecule has 1 aromatic carbocycles. The van der Waals surface area contributed by atoms with Gasteiger partial charge in [-0.3, -0.25) is 9.10 Å². The summed E-state index contributed by atoms with van der Waals surface area (Å²) in [6, 6.07) is 4.11. The molecule has 0 unspecified atom stereocenters. The molecule has 0 heterocycles. The second-order valence-corrected chi connectivity index (χ2v) is 7.62. The molecule has 1 rings (SSSR count). The molecule has 1 N–H and O–H groups in total. The predicted molar refractivity (Wildman–Crippen MR) is 85.6 cm³/mol. The maximum atomic E-state index is 13.4. The highest BCUT2D eigenvalue weighted by Gasteiger charge is 2.30. The summed E-state index contributed by atoms with van der Waals surface area (Å²) in [6.45, 7) is 7.24. The first-order valence-corrected chi connectivity index (χ1v) is 8.94. The molecular weight excluding hydrogens is 307 g/mol. The van der Waals surface area contributed by atoms with Crippen LogP contribution in [0.3, 0.4) is 0 Å². The summed E-state index contributed by atoms with van der Waals surface area (Å²) >= 11 is 0. The minimum absolute atomic E-state index is 0.0936. The summed E-state index contributed by atoms with van der Waals surface area (Å²) in [5.74, 6) is -0.762. The van der Waals surface area contributed by atoms with Gasteiger partial charge in [0, 0.05) is 6.04 Å². The predicted octanol–water partition coefficient (Wildman–Crippen LogP) is 2.14. The number of halogens is 1. The van der Waals surface area contributed by atoms with Gasteiger partial charge in [0.15, 0.2) is 0 Å². The second kappa shape index (κ2) is 7.09. The number of hydrogen-bond donors (Lipinski definition) is 1. The average molecular weight is 330 g/mol. The van der Waals surface area contributed by atoms with Crippen LogP contribution < -0.4 is 9.62 Å². The van der Waals surface area contributed by atoms with Crippen LogP contribution in [0.25, 0.3) is 0 Å². The topological polar surface area (TPSA) is 66.5 Å². The third-order valence-corrected chi connectivity index (χ3v) is 4.76. The van der Waals surface area contributed by atoms with E-state index in [1.165, 1.54) is 25.1 Å². The fourth-order valence-electron chi connectivity index (χ4n) is 1.93. The fraction of sp³-hybridized carbons (Fsp3) is 0.533. The van der Waals surface area contributed by atoms with Crippen molar-refractivity contribution in [1.29, 1.82) is 0 Å². The lowest BCUT2D eigenvalue weighted by atomic mass is 10.1. The number of hydrogen-bond acceptors (Lipinski definition) is 3. The molecule has 0 aromatic heterocycles. The van der Waals surface area contributed by atoms with E-state index < -0.39 is 27.8 Å². The Hall–Kier alpha value is -1.63. The number of nitrogens with zero attached hydrogens (tertiary/aromatic N) is 1. The number of amides is 1. The quantitative estimate of drug-likeness (QED) is 0.869. The van der Waals surface area contributed by atoms with E-state index in [2.05, 4.69) is 5.32 Å². The van der Waals surface area contributed by atoms with E-state index in [4.69, 9.17) is 0 Å². The summed E-state index contributed by atoms with van der Waals surface area (Å²) in [5.41, 5.74) is 0.127. The van der Waals surface area contributed by atoms with Crippen molar-refractivity contribution in [2.75, 3.05) is 10.6 Å². The molecule has 124 valence electrons. The first kappa shape index (κ1) is 18.4. The minimum Gasteiger partial charge on any atom is -0.352 e. The van der Waals surface area contributed by atoms with Crippen LogP contribution >= 0.6 is 0 Å². The molecule has 5 nitrogen and oxygen atoms in total. The molecule has 0 aliphatic rings. The van der Waals surface area contributed by atoms with Crippen LogP contribution in [0.2, 0.25) is 0 Å². The number of sulfonamides is 1. The minimum atomic E-state index is -3.73. The summed E-state index contributed by atoms with van der Waals surface area (Å²) in [4.78, 5) is 12.3. The molecule has 1 aromatic rings. The molecule has 0 radical (unpaired) electrons. The molecule has 0 saturated carbocycles. The van der Waals surface area contributed by atoms with Gasteiger partial charge in [-0.2, -0.15) is 0 Å². The molecule has 2 atom stereocenters. The first-order valence-electron chi connectivity index (χ1n) is 7.09. The molecule has 0 saturated heterocycles. The number of rotatable bonds is 6. The molecule has 1 amide bonds. The van der Waals surface area contributed by atoms with E-state index in [9.17, 15) is 17.6 Å². The number of anilines is 1. The molecule has 0 bridgehead atoms. The van der Waals surface area contributed by atoms with E-state index in [-0.39, 0.29) is 17.6 Å². The van der Waals surface area contributed by atoms with Crippen molar-refractivity contribution in [3.63, 3.8) is 0 Å². The van der Waals surface area contributed by atoms with Crippen molar-refractivity contribution < 1.29 is 17.6 Å². The van der Waals surface area contributed by atoms with E-state index >= 15 is 0 Å². The zero-order chi connectivity index (χ0) is 17.1. The molecule has 0 aliphatic carbocycles. The largest absolute Gasteiger partial charge is 0.352 e. The van der Waals surface area contributed by atoms with Crippen molar-refractivity contribution in [3.05, 3.63) is 30.1 Å². The van der Waals surface area contributed by atoms with Gasteiger partial charge in [-0.25, -0.2) is 12.8 Å². The molecule has 0 spiro atoms. The van der Waals surface area contributed by atoms with Crippen molar-refractivity contribution in [3.8, 4) is 0 Å². The van der Waals surface area contributed by atoms with Crippen LogP contribution in [-0.2, 0) is 14.8 Å². The average Bonchev–Trinajstić information content (AvgIpc) is 2.36. The number of benzene rings is 1. The summed E-state index contributed by atoms with van der Waals surface area (Å²) in [5, 5.41) is 2.78. The first-order chi connectivity index (χ1) is 10.0. The Labute approximate surface area is 131 Å². The van der Waals surface area contributed by atoms with Gasteiger partial charge in [-0.1, -0.05) is 19.9 Å². The molecule has 7 heteroatoms. The zero-order valence-electron chi connectivity index (χ0n) is 13.5. The van der Waals surface area contributed by atoms with Gasteiger partial charge >= 0.3 is 0 Å². The van der Waals surface area contributed by atoms with Crippen molar-refractivity contribution in [2.45, 2.75) is 39.8 Å². The van der Waals surface area contributed by atoms with Crippen LogP contribution in [0, 0.1) is 11.7 Å². The van der Waals surface area contributed by atoms with Crippen LogP contribution in [0.5, 0.6) is 0 Å². The molecule has 0 fully saturated rings. The van der Waals surface area contributed by atoms with Crippen molar-refractivity contribution in [2.24, 2.45) is 5.92 Å². The van der Waals surface area contributed by atoms with Crippen molar-refractivity contribution in [1.82, 2.24) is 5.32 Å². The Bertz CT molecular complexity index is 631. The van der Waals surface area contributed by atoms with Gasteiger partial charge in [0.2, 0.25) is 15.9 Å². The number of nitrogens with one attached hydrogen (secondary N) is 1. The number of carbonyl (C=O) groups excluding carboxylic acids is 1. The van der Waals surface area contributed by atoms with Crippen LogP contribution in [0.15, 0.2) is 24.3 Å². The van der Waals surface area contributed by atoms with E-state index in [1.54, 1.807) is 0 Å². The lowest BCUT2D eigenvalue weighted by Crippen LogP contribution is -2.50. The van der Waals surface area contributed by atoms with Gasteiger partial charge in [-0.15, -0.1) is 0 Å². The Morgan fingerprint density at radius 1 is 1.23 bits per heavy atom. The van der Waals surface area contributed by atoms with Crippen LogP contribution in [0.1, 0.15) is 27.7 Å². The third kappa shape index (κ3) is 4.69. The summed E-state index contributed by atoms with van der Waals surface area (Å²) in [7, 11) is -3.73. The maximum Gasteiger partial charge on any atom is 0.243 e. The summed E-state index contributed by atoms with van der Waals surface area (Å²) in [6.07, 6.45) is 0.994. The SMILES string of the molecule is CC(C)[C@@H](C)NC(=O)[C@@H](C)N(c1cccc(F)c1)S(C)(=O)=O. The summed E-state index contributed by atoms with van der Waals surface area (Å²) < 4.78 is 38.4. The molecule has 22 heavy (non-hydrogen) atoms. The smallest absolute Gasteiger partial charge is 0.243 e. The Kier molecular flexibility index (Phi) is 5.93. The van der Waals surface area contributed by atoms with Gasteiger partial charge in [0.25, 0.3) is 0 Å². The van der Waals surface area contributed by atoms with Gasteiger partial charge in [0.05, 0.1) is 11.9 Å². The fourth-order valence-corrected chi connectivity index (χ4v) is 3.10. The lowest BCUT2D eigenvalue weighted by Gasteiger charge is -2.29. The monoisotopic (exact) mass is 330 g/mol. The second-order valence-electron chi connectivity index (χ2n) is 5.76. The van der Waals surface area contributed by atoms with Crippen LogP contribution in [-0.4, -0.2) is 32.7 Å². The Morgan fingerprint density at radius 2 is 1.82 bits per heavy atom. The highest BCUT2D eigenvalue weighted by atomic mass is 32.2. The molecular formula is C15H23FN2O3S. The standard InChI is InChI=1S/C15H23FN2O3S/c1-10(2)11(3)17-15(19)12(4)18(22(5,20)21)14-8-6-7-13(16)9-14/h6-12H,1-5H3,(H,17,19)/t11-,12-/m1/s1. The Balaban J connectivity index is 3.11. The van der Waals surface area contributed by atoms with Crippen molar-refractivity contribution >= 4 is 21.6 Å². The number of carbonyl (C=O) groups is 1. The van der Waals surface area contributed by atoms with Crippen LogP contribution in [0.4, 0.5) is 10.1 Å². The van der Waals surface area contributed by atoms with E-state index in [0.29, 0.717) is 0 Å². The van der Waals surface area contributed by atoms with E-state index in [0.717, 1.165) is 16.6 Å². The normalized spacial score (nSPS) is 14.5. The van der Waals surface area contributed by atoms with Gasteiger partial charge < -0.3 is 5.32 Å². The zero-order valence-corrected chi connectivity index (χ0v) is 14.3. The molecule has 0 aliphatic heterocycles. The Morgan fingerprint density at radius 3 is 2.27 bits per heavy atom. The lowest BCUT2D eigenvalue weighted by molar-refractivity contribution is -0.122. The maximum absolute atomic E-state index is 13.4. The highest BCUT2D eigenvalue weighted by Crippen LogP contribution is 2.21. The van der Waals surface area contributed by atoms with Gasteiger partial charge in [0.1, 0.15) is 11.9 Å². The van der Waals surface area contributed by atoms with E-state index in [1.807, 2.05) is 20.8 Å². The third-order valence-electron chi connectivity index (χ3n) is 3.52. The van der Waals surface area contributed by atoms with Gasteiger partial charge in [-0.05, 0) is 38.0 Å². The highest BCUT2D eigenvalue weighted by molar-refractivity contribution is 7.92.